The molecule has 1 heterocycles. The SMILES string of the molecule is CC1=NN(C)C(O)N1C. The van der Waals surface area contributed by atoms with Crippen LogP contribution in [0.25, 0.3) is 0 Å². The van der Waals surface area contributed by atoms with Crippen molar-refractivity contribution in [1.29, 1.82) is 0 Å². The Balaban J connectivity index is 2.70. The Kier molecular flexibility index (Phi) is 1.32. The fraction of sp³-hybridized carbons (Fsp3) is 0.800. The zero-order chi connectivity index (χ0) is 7.02. The molecule has 0 fully saturated rings. The Hall–Kier alpha value is -0.770. The predicted molar refractivity (Wildman–Crippen MR) is 34.6 cm³/mol. The lowest BCUT2D eigenvalue weighted by Crippen LogP contribution is -2.36. The molecular weight excluding hydrogens is 118 g/mol. The maximum atomic E-state index is 9.17. The molecule has 1 aliphatic rings. The highest BCUT2D eigenvalue weighted by Gasteiger charge is 2.22. The van der Waals surface area contributed by atoms with Gasteiger partial charge >= 0.3 is 0 Å². The minimum atomic E-state index is -0.579. The fourth-order valence-corrected chi connectivity index (χ4v) is 0.768. The summed E-state index contributed by atoms with van der Waals surface area (Å²) >= 11 is 0. The second-order valence-corrected chi connectivity index (χ2v) is 2.18. The molecule has 0 amide bonds. The van der Waals surface area contributed by atoms with Gasteiger partial charge in [-0.3, -0.25) is 5.01 Å². The Morgan fingerprint density at radius 1 is 1.56 bits per heavy atom. The molecule has 4 nitrogen and oxygen atoms in total. The summed E-state index contributed by atoms with van der Waals surface area (Å²) in [4.78, 5) is 1.69. The first-order valence-corrected chi connectivity index (χ1v) is 2.82. The summed E-state index contributed by atoms with van der Waals surface area (Å²) in [7, 11) is 3.53. The number of hydrazone groups is 1. The van der Waals surface area contributed by atoms with Gasteiger partial charge in [-0.25, -0.2) is 0 Å². The monoisotopic (exact) mass is 129 g/mol. The van der Waals surface area contributed by atoms with E-state index < -0.39 is 6.35 Å². The van der Waals surface area contributed by atoms with Crippen LogP contribution in [-0.4, -0.2) is 41.3 Å². The Bertz CT molecular complexity index is 145. The first kappa shape index (κ1) is 6.35. The molecule has 4 heteroatoms. The van der Waals surface area contributed by atoms with Crippen molar-refractivity contribution in [1.82, 2.24) is 9.91 Å². The maximum absolute atomic E-state index is 9.17. The van der Waals surface area contributed by atoms with Crippen molar-refractivity contribution >= 4 is 5.84 Å². The Labute approximate surface area is 54.4 Å². The van der Waals surface area contributed by atoms with Gasteiger partial charge in [0, 0.05) is 14.1 Å². The summed E-state index contributed by atoms with van der Waals surface area (Å²) < 4.78 is 0. The minimum Gasteiger partial charge on any atom is -0.355 e. The normalized spacial score (nSPS) is 27.1. The van der Waals surface area contributed by atoms with Crippen LogP contribution in [-0.2, 0) is 0 Å². The number of aliphatic hydroxyl groups excluding tert-OH is 1. The van der Waals surface area contributed by atoms with Crippen LogP contribution in [0.1, 0.15) is 6.92 Å². The molecular formula is C5H11N3O. The van der Waals surface area contributed by atoms with E-state index in [2.05, 4.69) is 5.10 Å². The van der Waals surface area contributed by atoms with Crippen LogP contribution >= 0.6 is 0 Å². The number of aliphatic hydroxyl groups is 1. The van der Waals surface area contributed by atoms with Crippen molar-refractivity contribution in [3.8, 4) is 0 Å². The number of nitrogens with zero attached hydrogens (tertiary/aromatic N) is 3. The van der Waals surface area contributed by atoms with Crippen molar-refractivity contribution in [2.45, 2.75) is 13.3 Å². The van der Waals surface area contributed by atoms with Gasteiger partial charge in [-0.1, -0.05) is 0 Å². The summed E-state index contributed by atoms with van der Waals surface area (Å²) in [6.45, 7) is 1.85. The van der Waals surface area contributed by atoms with Gasteiger partial charge in [0.05, 0.1) is 0 Å². The molecule has 9 heavy (non-hydrogen) atoms. The first-order chi connectivity index (χ1) is 4.13. The smallest absolute Gasteiger partial charge is 0.223 e. The number of hydrogen-bond donors (Lipinski definition) is 1. The standard InChI is InChI=1S/C5H11N3O/c1-4-6-8(3)5(9)7(4)2/h5,9H,1-3H3. The quantitative estimate of drug-likeness (QED) is 0.478. The van der Waals surface area contributed by atoms with Gasteiger partial charge in [-0.2, -0.15) is 5.10 Å². The molecule has 0 aliphatic carbocycles. The van der Waals surface area contributed by atoms with E-state index in [1.54, 1.807) is 19.0 Å². The van der Waals surface area contributed by atoms with Crippen LogP contribution in [0, 0.1) is 0 Å². The molecule has 0 aromatic carbocycles. The highest BCUT2D eigenvalue weighted by molar-refractivity contribution is 5.80. The maximum Gasteiger partial charge on any atom is 0.223 e. The van der Waals surface area contributed by atoms with Gasteiger partial charge < -0.3 is 10.0 Å². The number of hydrogen-bond acceptors (Lipinski definition) is 4. The first-order valence-electron chi connectivity index (χ1n) is 2.82. The molecule has 0 bridgehead atoms. The lowest BCUT2D eigenvalue weighted by molar-refractivity contribution is -0.0348. The van der Waals surface area contributed by atoms with E-state index in [0.29, 0.717) is 0 Å². The third kappa shape index (κ3) is 0.853. The van der Waals surface area contributed by atoms with Gasteiger partial charge in [-0.15, -0.1) is 0 Å². The van der Waals surface area contributed by atoms with Gasteiger partial charge in [0.2, 0.25) is 6.35 Å². The van der Waals surface area contributed by atoms with E-state index in [1.807, 2.05) is 6.92 Å². The van der Waals surface area contributed by atoms with E-state index >= 15 is 0 Å². The van der Waals surface area contributed by atoms with Gasteiger partial charge in [0.25, 0.3) is 0 Å². The van der Waals surface area contributed by atoms with Crippen LogP contribution in [0.2, 0.25) is 0 Å². The van der Waals surface area contributed by atoms with E-state index in [0.717, 1.165) is 5.84 Å². The van der Waals surface area contributed by atoms with Crippen molar-refractivity contribution < 1.29 is 5.11 Å². The van der Waals surface area contributed by atoms with E-state index in [1.165, 1.54) is 5.01 Å². The van der Waals surface area contributed by atoms with Gasteiger partial charge in [0.15, 0.2) is 0 Å². The molecule has 1 rings (SSSR count). The Morgan fingerprint density at radius 3 is 2.22 bits per heavy atom. The molecule has 1 N–H and O–H groups in total. The molecule has 1 atom stereocenters. The molecule has 0 saturated heterocycles. The van der Waals surface area contributed by atoms with Crippen LogP contribution in [0.4, 0.5) is 0 Å². The van der Waals surface area contributed by atoms with E-state index in [4.69, 9.17) is 0 Å². The number of rotatable bonds is 0. The van der Waals surface area contributed by atoms with Crippen LogP contribution in [0.5, 0.6) is 0 Å². The van der Waals surface area contributed by atoms with Crippen LogP contribution in [0.15, 0.2) is 5.10 Å². The highest BCUT2D eigenvalue weighted by atomic mass is 16.3. The summed E-state index contributed by atoms with van der Waals surface area (Å²) in [5.41, 5.74) is 0. The van der Waals surface area contributed by atoms with Gasteiger partial charge in [0.1, 0.15) is 5.84 Å². The zero-order valence-corrected chi connectivity index (χ0v) is 5.87. The average Bonchev–Trinajstić information content (AvgIpc) is 1.98. The van der Waals surface area contributed by atoms with Crippen LogP contribution < -0.4 is 0 Å². The lowest BCUT2D eigenvalue weighted by atomic mass is 10.6. The number of amidine groups is 1. The molecule has 0 spiro atoms. The lowest BCUT2D eigenvalue weighted by Gasteiger charge is -2.19. The summed E-state index contributed by atoms with van der Waals surface area (Å²) in [6.07, 6.45) is -0.579. The fourth-order valence-electron chi connectivity index (χ4n) is 0.768. The van der Waals surface area contributed by atoms with E-state index in [9.17, 15) is 5.11 Å². The zero-order valence-electron chi connectivity index (χ0n) is 5.87. The second kappa shape index (κ2) is 1.88. The summed E-state index contributed by atoms with van der Waals surface area (Å²) in [6, 6.07) is 0. The minimum absolute atomic E-state index is 0.579. The molecule has 0 saturated carbocycles. The molecule has 52 valence electrons. The second-order valence-electron chi connectivity index (χ2n) is 2.18. The molecule has 1 aliphatic heterocycles. The van der Waals surface area contributed by atoms with Crippen molar-refractivity contribution in [2.75, 3.05) is 14.1 Å². The van der Waals surface area contributed by atoms with E-state index in [-0.39, 0.29) is 0 Å². The molecule has 1 unspecified atom stereocenters. The van der Waals surface area contributed by atoms with Crippen LogP contribution in [0.3, 0.4) is 0 Å². The molecule has 0 radical (unpaired) electrons. The predicted octanol–water partition coefficient (Wildman–Crippen LogP) is -0.527. The molecule has 0 aromatic heterocycles. The van der Waals surface area contributed by atoms with Crippen molar-refractivity contribution in [3.05, 3.63) is 0 Å². The average molecular weight is 129 g/mol. The molecule has 0 aromatic rings. The third-order valence-electron chi connectivity index (χ3n) is 1.49. The van der Waals surface area contributed by atoms with Crippen molar-refractivity contribution in [2.24, 2.45) is 5.10 Å². The summed E-state index contributed by atoms with van der Waals surface area (Å²) in [5.74, 6) is 0.838. The summed E-state index contributed by atoms with van der Waals surface area (Å²) in [5, 5.41) is 14.7. The highest BCUT2D eigenvalue weighted by Crippen LogP contribution is 2.07. The Morgan fingerprint density at radius 2 is 2.11 bits per heavy atom. The van der Waals surface area contributed by atoms with Crippen molar-refractivity contribution in [3.63, 3.8) is 0 Å². The van der Waals surface area contributed by atoms with Gasteiger partial charge in [-0.05, 0) is 6.92 Å². The topological polar surface area (TPSA) is 39.1 Å². The third-order valence-corrected chi connectivity index (χ3v) is 1.49. The largest absolute Gasteiger partial charge is 0.355 e.